The van der Waals surface area contributed by atoms with E-state index in [1.165, 1.54) is 5.56 Å². The molecule has 160 valence electrons. The second-order valence-corrected chi connectivity index (χ2v) is 9.06. The third-order valence-electron chi connectivity index (χ3n) is 5.69. The summed E-state index contributed by atoms with van der Waals surface area (Å²) in [5, 5.41) is 24.7. The van der Waals surface area contributed by atoms with Crippen molar-refractivity contribution in [2.75, 3.05) is 0 Å². The lowest BCUT2D eigenvalue weighted by Crippen LogP contribution is -2.45. The minimum absolute atomic E-state index is 0.0289. The Hall–Kier alpha value is -2.64. The summed E-state index contributed by atoms with van der Waals surface area (Å²) < 4.78 is 0. The van der Waals surface area contributed by atoms with Crippen LogP contribution in [0.5, 0.6) is 0 Å². The summed E-state index contributed by atoms with van der Waals surface area (Å²) in [5.41, 5.74) is 3.00. The Bertz CT molecular complexity index is 1020. The summed E-state index contributed by atoms with van der Waals surface area (Å²) in [4.78, 5) is 0. The first-order chi connectivity index (χ1) is 14.8. The highest BCUT2D eigenvalue weighted by Gasteiger charge is 2.32. The van der Waals surface area contributed by atoms with E-state index in [1.807, 2.05) is 86.6 Å². The molecule has 0 aromatic heterocycles. The standard InChI is InChI=1S/C27H29ClN2O/c1-19(30-26(27(2,3)31)22-9-5-4-6-10-22)25(17-20-12-14-24(28)15-13-20)23-11-7-8-21(16-23)18-29/h4-16,19,25-26,30-31H,17H2,1-3H3/t19-,25+,26?/m0/s1. The molecule has 1 unspecified atom stereocenters. The molecule has 2 N–H and O–H groups in total. The van der Waals surface area contributed by atoms with Crippen LogP contribution >= 0.6 is 11.6 Å². The maximum absolute atomic E-state index is 10.9. The summed E-state index contributed by atoms with van der Waals surface area (Å²) in [6, 6.07) is 27.7. The van der Waals surface area contributed by atoms with Crippen LogP contribution in [-0.4, -0.2) is 16.7 Å². The van der Waals surface area contributed by atoms with Crippen LogP contribution < -0.4 is 5.32 Å². The second kappa shape index (κ2) is 10.1. The van der Waals surface area contributed by atoms with Crippen LogP contribution in [0.15, 0.2) is 78.9 Å². The summed E-state index contributed by atoms with van der Waals surface area (Å²) in [7, 11) is 0. The van der Waals surface area contributed by atoms with Crippen molar-refractivity contribution in [3.05, 3.63) is 106 Å². The molecule has 0 radical (unpaired) electrons. The maximum Gasteiger partial charge on any atom is 0.0991 e. The van der Waals surface area contributed by atoms with Gasteiger partial charge in [0.25, 0.3) is 0 Å². The van der Waals surface area contributed by atoms with E-state index >= 15 is 0 Å². The zero-order valence-corrected chi connectivity index (χ0v) is 19.0. The largest absolute Gasteiger partial charge is 0.388 e. The quantitative estimate of drug-likeness (QED) is 0.457. The van der Waals surface area contributed by atoms with E-state index in [-0.39, 0.29) is 18.0 Å². The third kappa shape index (κ3) is 6.18. The molecule has 31 heavy (non-hydrogen) atoms. The molecule has 3 rings (SSSR count). The van der Waals surface area contributed by atoms with Crippen molar-refractivity contribution in [1.29, 1.82) is 5.26 Å². The number of rotatable bonds is 8. The molecule has 0 saturated carbocycles. The van der Waals surface area contributed by atoms with Gasteiger partial charge in [0.05, 0.1) is 23.3 Å². The fourth-order valence-electron chi connectivity index (χ4n) is 4.03. The highest BCUT2D eigenvalue weighted by atomic mass is 35.5. The van der Waals surface area contributed by atoms with Crippen molar-refractivity contribution in [3.63, 3.8) is 0 Å². The maximum atomic E-state index is 10.9. The Kier molecular flexibility index (Phi) is 7.51. The van der Waals surface area contributed by atoms with Gasteiger partial charge in [0.15, 0.2) is 0 Å². The lowest BCUT2D eigenvalue weighted by Gasteiger charge is -2.36. The minimum Gasteiger partial charge on any atom is -0.388 e. The van der Waals surface area contributed by atoms with Gasteiger partial charge in [0.2, 0.25) is 0 Å². The van der Waals surface area contributed by atoms with Crippen LogP contribution in [0.2, 0.25) is 5.02 Å². The van der Waals surface area contributed by atoms with E-state index in [1.54, 1.807) is 0 Å². The lowest BCUT2D eigenvalue weighted by atomic mass is 9.83. The fourth-order valence-corrected chi connectivity index (χ4v) is 4.16. The Morgan fingerprint density at radius 2 is 1.61 bits per heavy atom. The van der Waals surface area contributed by atoms with Gasteiger partial charge < -0.3 is 10.4 Å². The zero-order chi connectivity index (χ0) is 22.4. The molecule has 4 heteroatoms. The molecule has 3 aromatic carbocycles. The summed E-state index contributed by atoms with van der Waals surface area (Å²) in [5.74, 6) is 0.100. The highest BCUT2D eigenvalue weighted by Crippen LogP contribution is 2.31. The first kappa shape index (κ1) is 23.0. The van der Waals surface area contributed by atoms with Crippen molar-refractivity contribution in [2.45, 2.75) is 50.8 Å². The van der Waals surface area contributed by atoms with Crippen LogP contribution in [0.25, 0.3) is 0 Å². The van der Waals surface area contributed by atoms with Gasteiger partial charge in [-0.15, -0.1) is 0 Å². The molecule has 0 amide bonds. The van der Waals surface area contributed by atoms with Crippen LogP contribution in [0, 0.1) is 11.3 Å². The van der Waals surface area contributed by atoms with E-state index in [2.05, 4.69) is 24.4 Å². The molecule has 3 atom stereocenters. The zero-order valence-electron chi connectivity index (χ0n) is 18.2. The predicted molar refractivity (Wildman–Crippen MR) is 127 cm³/mol. The van der Waals surface area contributed by atoms with Gasteiger partial charge in [-0.05, 0) is 68.1 Å². The van der Waals surface area contributed by atoms with E-state index < -0.39 is 5.60 Å². The summed E-state index contributed by atoms with van der Waals surface area (Å²) >= 11 is 6.08. The van der Waals surface area contributed by atoms with E-state index in [0.29, 0.717) is 10.6 Å². The van der Waals surface area contributed by atoms with E-state index in [9.17, 15) is 10.4 Å². The van der Waals surface area contributed by atoms with Crippen molar-refractivity contribution in [2.24, 2.45) is 0 Å². The van der Waals surface area contributed by atoms with Crippen molar-refractivity contribution < 1.29 is 5.11 Å². The Morgan fingerprint density at radius 1 is 0.968 bits per heavy atom. The molecule has 0 aliphatic rings. The first-order valence-corrected chi connectivity index (χ1v) is 10.9. The molecule has 0 saturated heterocycles. The number of nitriles is 1. The van der Waals surface area contributed by atoms with Gasteiger partial charge >= 0.3 is 0 Å². The number of hydrogen-bond acceptors (Lipinski definition) is 3. The average molecular weight is 433 g/mol. The summed E-state index contributed by atoms with van der Waals surface area (Å²) in [6.45, 7) is 5.80. The summed E-state index contributed by atoms with van der Waals surface area (Å²) in [6.07, 6.45) is 0.785. The fraction of sp³-hybridized carbons (Fsp3) is 0.296. The molecule has 0 aliphatic carbocycles. The van der Waals surface area contributed by atoms with E-state index in [0.717, 1.165) is 17.5 Å². The van der Waals surface area contributed by atoms with Gasteiger partial charge in [-0.2, -0.15) is 5.26 Å². The SMILES string of the molecule is C[C@H](NC(c1ccccc1)C(C)(C)O)[C@@H](Cc1ccc(Cl)cc1)c1cccc(C#N)c1. The number of nitrogens with zero attached hydrogens (tertiary/aromatic N) is 1. The molecule has 3 nitrogen and oxygen atoms in total. The normalized spacial score (nSPS) is 14.5. The van der Waals surface area contributed by atoms with Crippen molar-refractivity contribution in [3.8, 4) is 6.07 Å². The van der Waals surface area contributed by atoms with Crippen LogP contribution in [0.4, 0.5) is 0 Å². The third-order valence-corrected chi connectivity index (χ3v) is 5.94. The number of nitrogens with one attached hydrogen (secondary N) is 1. The Balaban J connectivity index is 1.94. The minimum atomic E-state index is -0.949. The molecule has 0 bridgehead atoms. The van der Waals surface area contributed by atoms with Crippen LogP contribution in [0.3, 0.4) is 0 Å². The molecule has 3 aromatic rings. The van der Waals surface area contributed by atoms with Crippen LogP contribution in [-0.2, 0) is 6.42 Å². The molecule has 0 heterocycles. The first-order valence-electron chi connectivity index (χ1n) is 10.6. The smallest absolute Gasteiger partial charge is 0.0991 e. The predicted octanol–water partition coefficient (Wildman–Crippen LogP) is 6.03. The van der Waals surface area contributed by atoms with Crippen LogP contribution in [0.1, 0.15) is 55.0 Å². The Morgan fingerprint density at radius 3 is 2.23 bits per heavy atom. The van der Waals surface area contributed by atoms with E-state index in [4.69, 9.17) is 11.6 Å². The monoisotopic (exact) mass is 432 g/mol. The van der Waals surface area contributed by atoms with Gasteiger partial charge in [-0.1, -0.05) is 66.2 Å². The van der Waals surface area contributed by atoms with Gasteiger partial charge in [0.1, 0.15) is 0 Å². The Labute approximate surface area is 190 Å². The topological polar surface area (TPSA) is 56.0 Å². The molecular formula is C27H29ClN2O. The number of benzene rings is 3. The molecule has 0 spiro atoms. The molecule has 0 aliphatic heterocycles. The van der Waals surface area contributed by atoms with Gasteiger partial charge in [0, 0.05) is 17.0 Å². The van der Waals surface area contributed by atoms with Gasteiger partial charge in [-0.3, -0.25) is 0 Å². The molecular weight excluding hydrogens is 404 g/mol. The molecule has 0 fully saturated rings. The number of hydrogen-bond donors (Lipinski definition) is 2. The van der Waals surface area contributed by atoms with Crippen molar-refractivity contribution >= 4 is 11.6 Å². The number of halogens is 1. The van der Waals surface area contributed by atoms with Gasteiger partial charge in [-0.25, -0.2) is 0 Å². The second-order valence-electron chi connectivity index (χ2n) is 8.63. The van der Waals surface area contributed by atoms with Crippen molar-refractivity contribution in [1.82, 2.24) is 5.32 Å². The lowest BCUT2D eigenvalue weighted by molar-refractivity contribution is 0.0316. The average Bonchev–Trinajstić information content (AvgIpc) is 2.76. The highest BCUT2D eigenvalue weighted by molar-refractivity contribution is 6.30. The number of aliphatic hydroxyl groups is 1.